The largest absolute Gasteiger partial charge is 0.382 e. The van der Waals surface area contributed by atoms with E-state index in [-0.39, 0.29) is 0 Å². The van der Waals surface area contributed by atoms with E-state index in [2.05, 4.69) is 215 Å². The lowest BCUT2D eigenvalue weighted by molar-refractivity contribution is 0.248. The van der Waals surface area contributed by atoms with Crippen molar-refractivity contribution in [3.05, 3.63) is 239 Å². The first-order valence-electron chi connectivity index (χ1n) is 20.5. The summed E-state index contributed by atoms with van der Waals surface area (Å²) in [6.07, 6.45) is 11.5. The van der Waals surface area contributed by atoms with E-state index in [4.69, 9.17) is 0 Å². The molecule has 6 aromatic carbocycles. The van der Waals surface area contributed by atoms with Crippen molar-refractivity contribution in [1.82, 2.24) is 21.3 Å². The molecule has 2 aliphatic rings. The number of rotatable bonds is 15. The van der Waals surface area contributed by atoms with Crippen LogP contribution >= 0.6 is 0 Å². The first kappa shape index (κ1) is 37.3. The van der Waals surface area contributed by atoms with Crippen LogP contribution in [0.4, 0.5) is 0 Å². The first-order chi connectivity index (χ1) is 27.8. The van der Waals surface area contributed by atoms with E-state index >= 15 is 0 Å². The van der Waals surface area contributed by atoms with Gasteiger partial charge in [0.25, 0.3) is 0 Å². The molecule has 0 aliphatic heterocycles. The highest BCUT2D eigenvalue weighted by molar-refractivity contribution is 5.53. The van der Waals surface area contributed by atoms with Crippen LogP contribution in [0.3, 0.4) is 0 Å². The van der Waals surface area contributed by atoms with Gasteiger partial charge in [0.1, 0.15) is 5.54 Å². The Hall–Kier alpha value is -5.68. The van der Waals surface area contributed by atoms with Crippen molar-refractivity contribution >= 4 is 0 Å². The van der Waals surface area contributed by atoms with Gasteiger partial charge in [0.2, 0.25) is 0 Å². The molecule has 8 rings (SSSR count). The molecule has 0 spiro atoms. The second-order valence-electron chi connectivity index (χ2n) is 15.2. The summed E-state index contributed by atoms with van der Waals surface area (Å²) in [7, 11) is 0. The number of hydrogen-bond acceptors (Lipinski definition) is 4. The van der Waals surface area contributed by atoms with Crippen LogP contribution in [0, 0.1) is 0 Å². The molecule has 2 atom stereocenters. The summed E-state index contributed by atoms with van der Waals surface area (Å²) < 4.78 is 0. The average molecular weight is 735 g/mol. The summed E-state index contributed by atoms with van der Waals surface area (Å²) >= 11 is 0. The van der Waals surface area contributed by atoms with Crippen molar-refractivity contribution in [3.63, 3.8) is 0 Å². The quantitative estimate of drug-likeness (QED) is 0.0627. The minimum atomic E-state index is -0.574. The van der Waals surface area contributed by atoms with Gasteiger partial charge in [0.15, 0.2) is 0 Å². The molecule has 0 radical (unpaired) electrons. The number of hydrogen-bond donors (Lipinski definition) is 4. The molecule has 1 fully saturated rings. The fourth-order valence-electron chi connectivity index (χ4n) is 9.04. The summed E-state index contributed by atoms with van der Waals surface area (Å²) in [6, 6.07) is 66.3. The van der Waals surface area contributed by atoms with Crippen LogP contribution < -0.4 is 21.3 Å². The monoisotopic (exact) mass is 734 g/mol. The lowest BCUT2D eigenvalue weighted by atomic mass is 9.75. The third kappa shape index (κ3) is 7.86. The predicted molar refractivity (Wildman–Crippen MR) is 232 cm³/mol. The molecule has 0 saturated heterocycles. The Labute approximate surface area is 333 Å². The Morgan fingerprint density at radius 3 is 1.16 bits per heavy atom. The fraction of sp³-hybridized carbons (Fsp3) is 0.231. The van der Waals surface area contributed by atoms with Crippen LogP contribution in [0.25, 0.3) is 0 Å². The summed E-state index contributed by atoms with van der Waals surface area (Å²) in [5, 5.41) is 16.4. The molecule has 6 aromatic rings. The van der Waals surface area contributed by atoms with Crippen LogP contribution in [-0.4, -0.2) is 25.2 Å². The zero-order chi connectivity index (χ0) is 37.9. The summed E-state index contributed by atoms with van der Waals surface area (Å²) in [4.78, 5) is 0. The topological polar surface area (TPSA) is 48.1 Å². The zero-order valence-corrected chi connectivity index (χ0v) is 32.3. The molecule has 4 N–H and O–H groups in total. The average Bonchev–Trinajstić information content (AvgIpc) is 3.29. The minimum absolute atomic E-state index is 0.290. The van der Waals surface area contributed by atoms with Gasteiger partial charge in [-0.2, -0.15) is 0 Å². The Kier molecular flexibility index (Phi) is 11.9. The lowest BCUT2D eigenvalue weighted by Gasteiger charge is -2.44. The maximum absolute atomic E-state index is 4.32. The van der Waals surface area contributed by atoms with E-state index in [0.717, 1.165) is 44.5 Å². The zero-order valence-electron chi connectivity index (χ0n) is 32.3. The van der Waals surface area contributed by atoms with Gasteiger partial charge in [-0.1, -0.05) is 207 Å². The van der Waals surface area contributed by atoms with E-state index in [1.807, 2.05) is 0 Å². The molecule has 0 heterocycles. The minimum Gasteiger partial charge on any atom is -0.382 e. The van der Waals surface area contributed by atoms with E-state index < -0.39 is 11.1 Å². The third-order valence-electron chi connectivity index (χ3n) is 11.7. The van der Waals surface area contributed by atoms with Crippen LogP contribution in [0.1, 0.15) is 71.9 Å². The molecule has 4 heteroatoms. The molecule has 2 aliphatic carbocycles. The van der Waals surface area contributed by atoms with Crippen molar-refractivity contribution in [3.8, 4) is 0 Å². The molecule has 0 unspecified atom stereocenters. The molecular formula is C52H54N4. The van der Waals surface area contributed by atoms with Crippen LogP contribution in [0.5, 0.6) is 0 Å². The second-order valence-corrected chi connectivity index (χ2v) is 15.2. The van der Waals surface area contributed by atoms with Crippen LogP contribution in [-0.2, 0) is 11.1 Å². The Morgan fingerprint density at radius 2 is 0.750 bits per heavy atom. The SMILES string of the molecule is C1=C(NCCN[C@@H]2CCCC[C@H]2NC(c2ccccc2)(c2ccccc2)c2ccccc2)C(NC(c2ccccc2)(c2ccccc2)c2ccccc2)=CCC1. The van der Waals surface area contributed by atoms with Crippen molar-refractivity contribution in [2.75, 3.05) is 13.1 Å². The number of nitrogens with one attached hydrogen (secondary N) is 4. The highest BCUT2D eigenvalue weighted by Gasteiger charge is 2.41. The highest BCUT2D eigenvalue weighted by Crippen LogP contribution is 2.40. The van der Waals surface area contributed by atoms with E-state index in [9.17, 15) is 0 Å². The second kappa shape index (κ2) is 17.8. The van der Waals surface area contributed by atoms with Crippen molar-refractivity contribution in [2.24, 2.45) is 0 Å². The van der Waals surface area contributed by atoms with E-state index in [1.165, 1.54) is 51.9 Å². The summed E-state index contributed by atoms with van der Waals surface area (Å²) in [5.74, 6) is 0. The van der Waals surface area contributed by atoms with Crippen molar-refractivity contribution in [1.29, 1.82) is 0 Å². The smallest absolute Gasteiger partial charge is 0.114 e. The third-order valence-corrected chi connectivity index (χ3v) is 11.7. The molecule has 1 saturated carbocycles. The van der Waals surface area contributed by atoms with Crippen molar-refractivity contribution < 1.29 is 0 Å². The first-order valence-corrected chi connectivity index (χ1v) is 20.5. The number of benzene rings is 6. The van der Waals surface area contributed by atoms with Gasteiger partial charge in [-0.05, 0) is 59.1 Å². The van der Waals surface area contributed by atoms with Gasteiger partial charge in [-0.3, -0.25) is 5.32 Å². The van der Waals surface area contributed by atoms with Crippen LogP contribution in [0.15, 0.2) is 206 Å². The molecular weight excluding hydrogens is 681 g/mol. The lowest BCUT2D eigenvalue weighted by Crippen LogP contribution is -2.58. The summed E-state index contributed by atoms with van der Waals surface area (Å²) in [5.41, 5.74) is 8.66. The van der Waals surface area contributed by atoms with Gasteiger partial charge in [-0.25, -0.2) is 0 Å². The molecule has 0 bridgehead atoms. The van der Waals surface area contributed by atoms with Gasteiger partial charge in [-0.15, -0.1) is 0 Å². The standard InChI is InChI=1S/C52H54N4/c1-7-23-41(24-8-1)51(42-25-9-2-10-26-42,43-27-11-3-12-28-43)55-49-37-21-19-35-47(49)53-39-40-54-48-36-20-22-38-50(48)56-52(44-29-13-4-14-30-44,45-31-15-5-16-32-45)46-33-17-6-18-34-46/h1-18,23-35,37,48,50,53-56H,19-22,36,38-40H2/t48-,50-/m1/s1. The van der Waals surface area contributed by atoms with Crippen molar-refractivity contribution in [2.45, 2.75) is 61.7 Å². The maximum Gasteiger partial charge on any atom is 0.114 e. The molecule has 0 aromatic heterocycles. The highest BCUT2D eigenvalue weighted by atomic mass is 15.1. The summed E-state index contributed by atoms with van der Waals surface area (Å²) in [6.45, 7) is 1.69. The Balaban J connectivity index is 1.02. The van der Waals surface area contributed by atoms with Gasteiger partial charge in [0, 0.05) is 25.2 Å². The van der Waals surface area contributed by atoms with Crippen LogP contribution in [0.2, 0.25) is 0 Å². The number of allylic oxidation sites excluding steroid dienone is 2. The molecule has 0 amide bonds. The van der Waals surface area contributed by atoms with Gasteiger partial charge in [0.05, 0.1) is 16.9 Å². The fourth-order valence-corrected chi connectivity index (χ4v) is 9.04. The maximum atomic E-state index is 4.32. The van der Waals surface area contributed by atoms with E-state index in [0.29, 0.717) is 12.1 Å². The van der Waals surface area contributed by atoms with Gasteiger partial charge >= 0.3 is 0 Å². The molecule has 282 valence electrons. The Bertz CT molecular complexity index is 1960. The normalized spacial score (nSPS) is 17.4. The Morgan fingerprint density at radius 1 is 0.393 bits per heavy atom. The van der Waals surface area contributed by atoms with Gasteiger partial charge < -0.3 is 16.0 Å². The predicted octanol–water partition coefficient (Wildman–Crippen LogP) is 10.2. The molecule has 56 heavy (non-hydrogen) atoms. The van der Waals surface area contributed by atoms with E-state index in [1.54, 1.807) is 0 Å². The molecule has 4 nitrogen and oxygen atoms in total.